The lowest BCUT2D eigenvalue weighted by Crippen LogP contribution is -1.82. The van der Waals surface area contributed by atoms with Gasteiger partial charge in [0, 0.05) is 0 Å². The van der Waals surface area contributed by atoms with Crippen LogP contribution in [0.5, 0.6) is 0 Å². The van der Waals surface area contributed by atoms with Crippen LogP contribution in [-0.4, -0.2) is 0 Å². The van der Waals surface area contributed by atoms with Crippen LogP contribution in [0.3, 0.4) is 0 Å². The van der Waals surface area contributed by atoms with Crippen LogP contribution in [0.4, 0.5) is 0 Å². The zero-order valence-electron chi connectivity index (χ0n) is 14.3. The van der Waals surface area contributed by atoms with Gasteiger partial charge in [-0.25, -0.2) is 0 Å². The number of hydrogen-bond donors (Lipinski definition) is 0. The van der Waals surface area contributed by atoms with Crippen molar-refractivity contribution in [2.24, 2.45) is 0 Å². The molecule has 0 fully saturated rings. The van der Waals surface area contributed by atoms with Gasteiger partial charge in [0.1, 0.15) is 0 Å². The van der Waals surface area contributed by atoms with E-state index in [2.05, 4.69) is 109 Å². The second kappa shape index (κ2) is 9.24. The quantitative estimate of drug-likeness (QED) is 0.449. The zero-order chi connectivity index (χ0) is 17.2. The van der Waals surface area contributed by atoms with Crippen molar-refractivity contribution in [3.63, 3.8) is 0 Å². The van der Waals surface area contributed by atoms with Crippen LogP contribution in [0.15, 0.2) is 115 Å². The smallest absolute Gasteiger partial charge is 0.00885 e. The van der Waals surface area contributed by atoms with Crippen molar-refractivity contribution in [1.82, 2.24) is 0 Å². The van der Waals surface area contributed by atoms with Gasteiger partial charge in [-0.05, 0) is 28.7 Å². The molecule has 0 saturated carbocycles. The summed E-state index contributed by atoms with van der Waals surface area (Å²) in [6.07, 6.45) is 11.9. The SMILES string of the molecule is C(=Cc1ccccc1)C(C=Cc1ccccc1)=CCc1ccccc1. The highest BCUT2D eigenvalue weighted by Crippen LogP contribution is 2.11. The van der Waals surface area contributed by atoms with Gasteiger partial charge in [-0.2, -0.15) is 0 Å². The fourth-order valence-corrected chi connectivity index (χ4v) is 2.55. The van der Waals surface area contributed by atoms with Crippen molar-refractivity contribution in [3.8, 4) is 0 Å². The van der Waals surface area contributed by atoms with Crippen LogP contribution in [0.1, 0.15) is 16.7 Å². The molecule has 0 aliphatic rings. The van der Waals surface area contributed by atoms with E-state index in [9.17, 15) is 0 Å². The van der Waals surface area contributed by atoms with E-state index in [1.165, 1.54) is 22.3 Å². The Hall–Kier alpha value is -3.12. The summed E-state index contributed by atoms with van der Waals surface area (Å²) >= 11 is 0. The number of benzene rings is 3. The minimum Gasteiger partial charge on any atom is -0.0729 e. The van der Waals surface area contributed by atoms with E-state index in [0.717, 1.165) is 6.42 Å². The van der Waals surface area contributed by atoms with Crippen LogP contribution in [-0.2, 0) is 6.42 Å². The van der Waals surface area contributed by atoms with Gasteiger partial charge in [0.2, 0.25) is 0 Å². The van der Waals surface area contributed by atoms with Gasteiger partial charge in [-0.1, -0.05) is 121 Å². The summed E-state index contributed by atoms with van der Waals surface area (Å²) in [6, 6.07) is 31.4. The van der Waals surface area contributed by atoms with Gasteiger partial charge < -0.3 is 0 Å². The third-order valence-corrected chi connectivity index (χ3v) is 3.95. The Balaban J connectivity index is 1.80. The third-order valence-electron chi connectivity index (χ3n) is 3.95. The Morgan fingerprint density at radius 2 is 1.00 bits per heavy atom. The van der Waals surface area contributed by atoms with Crippen molar-refractivity contribution in [3.05, 3.63) is 131 Å². The molecule has 3 aromatic rings. The lowest BCUT2D eigenvalue weighted by atomic mass is 10.1. The molecule has 0 atom stereocenters. The number of allylic oxidation sites excluding steroid dienone is 4. The van der Waals surface area contributed by atoms with Crippen LogP contribution in [0, 0.1) is 0 Å². The molecule has 0 aliphatic carbocycles. The van der Waals surface area contributed by atoms with Crippen molar-refractivity contribution in [2.75, 3.05) is 0 Å². The monoisotopic (exact) mass is 322 g/mol. The molecule has 0 saturated heterocycles. The fraction of sp³-hybridized carbons (Fsp3) is 0.0400. The average molecular weight is 322 g/mol. The standard InChI is InChI=1S/C25H22/c1-4-10-22(11-5-1)16-19-25(20-17-23-12-6-2-7-13-23)21-18-24-14-8-3-9-15-24/h1-17,19-21H,18H2. The molecule has 0 heteroatoms. The van der Waals surface area contributed by atoms with Gasteiger partial charge in [0.15, 0.2) is 0 Å². The summed E-state index contributed by atoms with van der Waals surface area (Å²) in [6.45, 7) is 0. The van der Waals surface area contributed by atoms with E-state index in [0.29, 0.717) is 0 Å². The molecular weight excluding hydrogens is 300 g/mol. The van der Waals surface area contributed by atoms with Crippen molar-refractivity contribution in [1.29, 1.82) is 0 Å². The third kappa shape index (κ3) is 5.78. The van der Waals surface area contributed by atoms with E-state index in [-0.39, 0.29) is 0 Å². The second-order valence-electron chi connectivity index (χ2n) is 5.88. The molecule has 0 aliphatic heterocycles. The topological polar surface area (TPSA) is 0 Å². The molecule has 3 rings (SSSR count). The molecule has 0 N–H and O–H groups in total. The van der Waals surface area contributed by atoms with Crippen molar-refractivity contribution >= 4 is 12.2 Å². The minimum atomic E-state index is 0.925. The lowest BCUT2D eigenvalue weighted by Gasteiger charge is -1.99. The molecule has 25 heavy (non-hydrogen) atoms. The van der Waals surface area contributed by atoms with Crippen molar-refractivity contribution < 1.29 is 0 Å². The van der Waals surface area contributed by atoms with E-state index >= 15 is 0 Å². The van der Waals surface area contributed by atoms with E-state index < -0.39 is 0 Å². The Bertz CT molecular complexity index is 787. The largest absolute Gasteiger partial charge is 0.0729 e. The summed E-state index contributed by atoms with van der Waals surface area (Å²) in [7, 11) is 0. The first-order chi connectivity index (χ1) is 12.4. The lowest BCUT2D eigenvalue weighted by molar-refractivity contribution is 1.26. The molecular formula is C25H22. The van der Waals surface area contributed by atoms with Crippen molar-refractivity contribution in [2.45, 2.75) is 6.42 Å². The predicted octanol–water partition coefficient (Wildman–Crippen LogP) is 6.58. The molecule has 0 spiro atoms. The Kier molecular flexibility index (Phi) is 6.18. The van der Waals surface area contributed by atoms with Gasteiger partial charge in [-0.3, -0.25) is 0 Å². The number of hydrogen-bond acceptors (Lipinski definition) is 0. The van der Waals surface area contributed by atoms with Gasteiger partial charge in [0.05, 0.1) is 0 Å². The first-order valence-corrected chi connectivity index (χ1v) is 8.60. The molecule has 0 bridgehead atoms. The Labute approximate surface area is 150 Å². The maximum atomic E-state index is 2.27. The molecule has 0 nitrogen and oxygen atoms in total. The minimum absolute atomic E-state index is 0.925. The van der Waals surface area contributed by atoms with Gasteiger partial charge in [0.25, 0.3) is 0 Å². The highest BCUT2D eigenvalue weighted by Gasteiger charge is 1.92. The van der Waals surface area contributed by atoms with E-state index in [4.69, 9.17) is 0 Å². The summed E-state index contributed by atoms with van der Waals surface area (Å²) in [5.41, 5.74) is 4.94. The number of rotatable bonds is 6. The van der Waals surface area contributed by atoms with Gasteiger partial charge >= 0.3 is 0 Å². The maximum absolute atomic E-state index is 2.27. The first kappa shape index (κ1) is 16.7. The van der Waals surface area contributed by atoms with E-state index in [1.807, 2.05) is 12.1 Å². The molecule has 0 unspecified atom stereocenters. The van der Waals surface area contributed by atoms with E-state index in [1.54, 1.807) is 0 Å². The van der Waals surface area contributed by atoms with Crippen LogP contribution < -0.4 is 0 Å². The fourth-order valence-electron chi connectivity index (χ4n) is 2.55. The van der Waals surface area contributed by atoms with Crippen LogP contribution in [0.2, 0.25) is 0 Å². The first-order valence-electron chi connectivity index (χ1n) is 8.60. The molecule has 0 aromatic heterocycles. The highest BCUT2D eigenvalue weighted by molar-refractivity contribution is 5.59. The Morgan fingerprint density at radius 1 is 0.560 bits per heavy atom. The summed E-state index contributed by atoms with van der Waals surface area (Å²) in [5.74, 6) is 0. The molecule has 0 amide bonds. The van der Waals surface area contributed by atoms with Crippen LogP contribution in [0.25, 0.3) is 12.2 Å². The summed E-state index contributed by atoms with van der Waals surface area (Å²) in [5, 5.41) is 0. The maximum Gasteiger partial charge on any atom is -0.00885 e. The predicted molar refractivity (Wildman–Crippen MR) is 109 cm³/mol. The Morgan fingerprint density at radius 3 is 1.48 bits per heavy atom. The summed E-state index contributed by atoms with van der Waals surface area (Å²) in [4.78, 5) is 0. The normalized spacial score (nSPS) is 11.0. The molecule has 122 valence electrons. The molecule has 0 heterocycles. The summed E-state index contributed by atoms with van der Waals surface area (Å²) < 4.78 is 0. The van der Waals surface area contributed by atoms with Crippen LogP contribution >= 0.6 is 0 Å². The second-order valence-corrected chi connectivity index (χ2v) is 5.88. The molecule has 3 aromatic carbocycles. The van der Waals surface area contributed by atoms with Gasteiger partial charge in [-0.15, -0.1) is 0 Å². The molecule has 0 radical (unpaired) electrons. The average Bonchev–Trinajstić information content (AvgIpc) is 2.70. The zero-order valence-corrected chi connectivity index (χ0v) is 14.3. The highest BCUT2D eigenvalue weighted by atomic mass is 14.0.